The largest absolute Gasteiger partial charge is 0.489 e. The van der Waals surface area contributed by atoms with Gasteiger partial charge in [-0.25, -0.2) is 0 Å². The lowest BCUT2D eigenvalue weighted by molar-refractivity contribution is 0.417. The smallest absolute Gasteiger partial charge is 0.427 e. The van der Waals surface area contributed by atoms with Gasteiger partial charge in [-0.15, -0.1) is 0 Å². The summed E-state index contributed by atoms with van der Waals surface area (Å²) in [5.74, 6) is 0.552. The van der Waals surface area contributed by atoms with Crippen molar-refractivity contribution >= 4 is 21.6 Å². The molecule has 1 aromatic rings. The van der Waals surface area contributed by atoms with Crippen LogP contribution in [0.15, 0.2) is 22.7 Å². The van der Waals surface area contributed by atoms with E-state index in [0.717, 1.165) is 4.47 Å². The Morgan fingerprint density at radius 2 is 2.27 bits per heavy atom. The van der Waals surface area contributed by atoms with Crippen molar-refractivity contribution < 1.29 is 4.74 Å². The third-order valence-electron chi connectivity index (χ3n) is 1.25. The Morgan fingerprint density at radius 3 is 2.82 bits per heavy atom. The summed E-state index contributed by atoms with van der Waals surface area (Å²) in [6.45, 7) is 0. The van der Waals surface area contributed by atoms with Crippen LogP contribution in [0.4, 0.5) is 5.69 Å². The van der Waals surface area contributed by atoms with Crippen molar-refractivity contribution in [2.45, 2.75) is 0 Å². The molecule has 0 aliphatic heterocycles. The van der Waals surface area contributed by atoms with Gasteiger partial charge in [-0.1, -0.05) is 15.9 Å². The molecule has 0 aliphatic rings. The summed E-state index contributed by atoms with van der Waals surface area (Å²) in [6, 6.07) is 5.20. The van der Waals surface area contributed by atoms with Gasteiger partial charge in [0.1, 0.15) is 0 Å². The van der Waals surface area contributed by atoms with Crippen LogP contribution >= 0.6 is 15.9 Å². The lowest BCUT2D eigenvalue weighted by Gasteiger charge is -1.93. The molecular formula is C7H6BrN2O+. The summed E-state index contributed by atoms with van der Waals surface area (Å²) in [5, 5.41) is 8.50. The molecule has 0 fully saturated rings. The third kappa shape index (κ3) is 1.69. The highest BCUT2D eigenvalue weighted by Gasteiger charge is 2.13. The van der Waals surface area contributed by atoms with Crippen LogP contribution in [-0.4, -0.2) is 7.11 Å². The first-order valence-corrected chi connectivity index (χ1v) is 3.76. The van der Waals surface area contributed by atoms with E-state index in [1.165, 1.54) is 7.11 Å². The molecule has 0 aromatic heterocycles. The summed E-state index contributed by atoms with van der Waals surface area (Å²) < 4.78 is 5.77. The van der Waals surface area contributed by atoms with Crippen LogP contribution in [0.2, 0.25) is 0 Å². The van der Waals surface area contributed by atoms with Gasteiger partial charge in [-0.3, -0.25) is 0 Å². The van der Waals surface area contributed by atoms with Gasteiger partial charge in [0, 0.05) is 4.47 Å². The summed E-state index contributed by atoms with van der Waals surface area (Å²) in [5.41, 5.74) is 0.418. The van der Waals surface area contributed by atoms with Crippen molar-refractivity contribution in [2.24, 2.45) is 0 Å². The standard InChI is InChI=1S/C7H6BrN2O/c1-11-7-3-2-5(8)4-6(7)10-9/h2-4H,1H3/q+1. The fourth-order valence-electron chi connectivity index (χ4n) is 0.741. The summed E-state index contributed by atoms with van der Waals surface area (Å²) in [7, 11) is 1.53. The van der Waals surface area contributed by atoms with Crippen molar-refractivity contribution in [3.63, 3.8) is 0 Å². The maximum atomic E-state index is 8.50. The van der Waals surface area contributed by atoms with Crippen LogP contribution in [-0.2, 0) is 0 Å². The van der Waals surface area contributed by atoms with Gasteiger partial charge in [0.15, 0.2) is 4.98 Å². The Morgan fingerprint density at radius 1 is 1.55 bits per heavy atom. The van der Waals surface area contributed by atoms with E-state index in [4.69, 9.17) is 10.1 Å². The molecule has 3 nitrogen and oxygen atoms in total. The minimum Gasteiger partial charge on any atom is -0.489 e. The molecule has 0 spiro atoms. The number of methoxy groups -OCH3 is 1. The average Bonchev–Trinajstić information content (AvgIpc) is 2.04. The van der Waals surface area contributed by atoms with Gasteiger partial charge >= 0.3 is 5.69 Å². The second-order valence-corrected chi connectivity index (χ2v) is 2.83. The Hall–Kier alpha value is -1.08. The van der Waals surface area contributed by atoms with Gasteiger partial charge in [0.25, 0.3) is 0 Å². The molecule has 0 radical (unpaired) electrons. The zero-order valence-electron chi connectivity index (χ0n) is 5.91. The average molecular weight is 214 g/mol. The second-order valence-electron chi connectivity index (χ2n) is 1.92. The quantitative estimate of drug-likeness (QED) is 0.674. The summed E-state index contributed by atoms with van der Waals surface area (Å²) in [4.78, 5) is 3.05. The normalized spacial score (nSPS) is 8.82. The molecule has 4 heteroatoms. The van der Waals surface area contributed by atoms with Crippen molar-refractivity contribution in [1.82, 2.24) is 0 Å². The van der Waals surface area contributed by atoms with E-state index in [9.17, 15) is 0 Å². The Kier molecular flexibility index (Phi) is 2.44. The summed E-state index contributed by atoms with van der Waals surface area (Å²) >= 11 is 3.24. The first-order chi connectivity index (χ1) is 5.27. The maximum Gasteiger partial charge on any atom is 0.427 e. The van der Waals surface area contributed by atoms with Crippen LogP contribution < -0.4 is 4.74 Å². The lowest BCUT2D eigenvalue weighted by Crippen LogP contribution is -1.81. The number of halogens is 1. The predicted molar refractivity (Wildman–Crippen MR) is 45.4 cm³/mol. The van der Waals surface area contributed by atoms with Crippen LogP contribution in [0, 0.1) is 5.39 Å². The van der Waals surface area contributed by atoms with E-state index >= 15 is 0 Å². The highest BCUT2D eigenvalue weighted by Crippen LogP contribution is 2.29. The molecule has 0 bridgehead atoms. The minimum absolute atomic E-state index is 0.418. The molecule has 0 atom stereocenters. The minimum atomic E-state index is 0.418. The van der Waals surface area contributed by atoms with E-state index in [0.29, 0.717) is 11.4 Å². The molecule has 56 valence electrons. The SMILES string of the molecule is COc1ccc(Br)cc1[N+]#N. The number of rotatable bonds is 1. The van der Waals surface area contributed by atoms with Crippen molar-refractivity contribution in [1.29, 1.82) is 5.39 Å². The van der Waals surface area contributed by atoms with E-state index in [1.54, 1.807) is 12.1 Å². The molecule has 0 saturated carbocycles. The van der Waals surface area contributed by atoms with Crippen molar-refractivity contribution in [3.05, 3.63) is 27.6 Å². The molecular weight excluding hydrogens is 208 g/mol. The van der Waals surface area contributed by atoms with Crippen molar-refractivity contribution in [3.8, 4) is 5.75 Å². The number of benzene rings is 1. The Labute approximate surface area is 72.7 Å². The Bertz CT molecular complexity index is 306. The van der Waals surface area contributed by atoms with Crippen LogP contribution in [0.1, 0.15) is 0 Å². The van der Waals surface area contributed by atoms with E-state index < -0.39 is 0 Å². The van der Waals surface area contributed by atoms with E-state index in [2.05, 4.69) is 20.9 Å². The highest BCUT2D eigenvalue weighted by atomic mass is 79.9. The molecule has 11 heavy (non-hydrogen) atoms. The topological polar surface area (TPSA) is 37.4 Å². The molecule has 0 unspecified atom stereocenters. The molecule has 1 rings (SSSR count). The van der Waals surface area contributed by atoms with Gasteiger partial charge in [-0.2, -0.15) is 0 Å². The number of ether oxygens (including phenoxy) is 1. The van der Waals surface area contributed by atoms with Crippen LogP contribution in [0.25, 0.3) is 4.98 Å². The van der Waals surface area contributed by atoms with Gasteiger partial charge in [0.05, 0.1) is 13.2 Å². The molecule has 0 N–H and O–H groups in total. The van der Waals surface area contributed by atoms with Gasteiger partial charge in [0.2, 0.25) is 11.1 Å². The number of hydrogen-bond acceptors (Lipinski definition) is 2. The zero-order chi connectivity index (χ0) is 8.27. The van der Waals surface area contributed by atoms with Crippen LogP contribution in [0.3, 0.4) is 0 Å². The molecule has 0 aliphatic carbocycles. The zero-order valence-corrected chi connectivity index (χ0v) is 7.50. The van der Waals surface area contributed by atoms with E-state index in [1.807, 2.05) is 6.07 Å². The fraction of sp³-hybridized carbons (Fsp3) is 0.143. The molecule has 0 saturated heterocycles. The first-order valence-electron chi connectivity index (χ1n) is 2.96. The number of diazo groups is 1. The number of hydrogen-bond donors (Lipinski definition) is 0. The number of nitrogens with zero attached hydrogens (tertiary/aromatic N) is 2. The molecule has 0 heterocycles. The maximum absolute atomic E-state index is 8.50. The highest BCUT2D eigenvalue weighted by molar-refractivity contribution is 9.10. The van der Waals surface area contributed by atoms with Gasteiger partial charge in [-0.05, 0) is 12.1 Å². The monoisotopic (exact) mass is 213 g/mol. The first kappa shape index (κ1) is 8.02. The van der Waals surface area contributed by atoms with E-state index in [-0.39, 0.29) is 0 Å². The van der Waals surface area contributed by atoms with Gasteiger partial charge < -0.3 is 4.74 Å². The third-order valence-corrected chi connectivity index (χ3v) is 1.74. The molecule has 1 aromatic carbocycles. The van der Waals surface area contributed by atoms with Crippen molar-refractivity contribution in [2.75, 3.05) is 7.11 Å². The lowest BCUT2D eigenvalue weighted by atomic mass is 10.3. The predicted octanol–water partition coefficient (Wildman–Crippen LogP) is 2.94. The fourth-order valence-corrected chi connectivity index (χ4v) is 1.09. The summed E-state index contributed by atoms with van der Waals surface area (Å²) in [6.07, 6.45) is 0. The molecule has 0 amide bonds. The Balaban J connectivity index is 3.19. The van der Waals surface area contributed by atoms with Crippen LogP contribution in [0.5, 0.6) is 5.75 Å². The second kappa shape index (κ2) is 3.35.